The number of phenols is 1. The van der Waals surface area contributed by atoms with Crippen LogP contribution in [-0.2, 0) is 107 Å². The van der Waals surface area contributed by atoms with Crippen molar-refractivity contribution in [2.24, 2.45) is 58.1 Å². The van der Waals surface area contributed by atoms with Gasteiger partial charge in [-0.2, -0.15) is 0 Å². The SMILES string of the molecule is CC(C)C[C@H](NC(=O)[C@H](C)NC(=O)[C@H](CC(N)=O)NC(=O)[C@H](CC(N)=O)NC(=O)[C@H](CCC(=O)O)NC(=O)[C@@H](N)CCCCN)C(=O)N[C@@H](CC(C)C)C(=O)N[C@@H](CCCNC(=N)N)C(=O)N[C@@H](Cc1ccc(O)cc1)C(=O)N[C@@H](CC(C)C)C(=O)N[C@@H](CC(C)C)C(=O)N[C@@H](CC(=O)O)C(=O)N[C@@H](CCCNC(=N)N)C(=O)N[C@@H](CC(=O)O)C(=O)N[C@@H](CC(=O)O)C(=O)O. The van der Waals surface area contributed by atoms with Crippen molar-refractivity contribution in [2.75, 3.05) is 19.6 Å². The molecule has 0 saturated heterocycles. The standard InChI is InChI=1S/C79H130N24O27/c1-36(2)26-47(94-63(115)40(9)90-68(120)52(31-57(82)105)100-74(126)53(32-58(83)106)99-67(119)46(21-22-59(107)108)91-64(116)43(81)14-10-11-23-80)70(122)95-48(27-37(3)4)69(121)92-44(15-12-24-88-78(84)85)65(117)98-51(30-41-17-19-42(104)20-18-41)73(125)97-49(28-38(5)6)71(123)96-50(29-39(7)8)72(124)102-54(33-60(109)110)75(127)93-45(16-13-25-89-79(86)87)66(118)101-55(34-61(111)112)76(128)103-56(77(129)130)35-62(113)114/h17-20,36-40,43-56,104H,10-16,21-35,80-81H2,1-9H3,(H2,82,105)(H2,83,106)(H,90,120)(H,91,116)(H,92,121)(H,93,127)(H,94,115)(H,95,122)(H,96,123)(H,97,125)(H,98,117)(H,99,119)(H,100,126)(H,101,118)(H,102,124)(H,103,128)(H,107,108)(H,109,110)(H,111,112)(H,113,114)(H,129,130)(H4,84,85,88)(H4,86,87,89)/t40-,43-,44-,45-,46-,47-,48-,49-,50-,51-,52-,53-,54-,55-,56-/m0/s1. The van der Waals surface area contributed by atoms with Crippen molar-refractivity contribution in [2.45, 2.75) is 275 Å². The summed E-state index contributed by atoms with van der Waals surface area (Å²) < 4.78 is 0. The Balaban J connectivity index is 3.87. The largest absolute Gasteiger partial charge is 0.508 e. The second-order valence-corrected chi connectivity index (χ2v) is 32.7. The summed E-state index contributed by atoms with van der Waals surface area (Å²) in [5.41, 5.74) is 33.6. The molecule has 0 spiro atoms. The van der Waals surface area contributed by atoms with Crippen LogP contribution in [0.3, 0.4) is 0 Å². The lowest BCUT2D eigenvalue weighted by molar-refractivity contribution is -0.148. The molecule has 1 aromatic carbocycles. The number of guanidine groups is 2. The van der Waals surface area contributed by atoms with E-state index in [1.807, 2.05) is 5.32 Å². The van der Waals surface area contributed by atoms with Crippen LogP contribution in [0, 0.1) is 34.5 Å². The van der Waals surface area contributed by atoms with Gasteiger partial charge < -0.3 is 150 Å². The quantitative estimate of drug-likeness (QED) is 0.0164. The molecule has 51 heteroatoms. The van der Waals surface area contributed by atoms with Gasteiger partial charge in [0.05, 0.1) is 38.1 Å². The van der Waals surface area contributed by atoms with Gasteiger partial charge in [0.15, 0.2) is 11.9 Å². The van der Waals surface area contributed by atoms with Gasteiger partial charge >= 0.3 is 29.8 Å². The maximum atomic E-state index is 15.0. The topological polar surface area (TPSA) is 876 Å². The molecule has 16 amide bonds. The number of hydrogen-bond donors (Lipinski definition) is 30. The number of rotatable bonds is 64. The number of unbranched alkanes of at least 4 members (excludes halogenated alkanes) is 1. The summed E-state index contributed by atoms with van der Waals surface area (Å²) in [5.74, 6) is -30.0. The van der Waals surface area contributed by atoms with Crippen LogP contribution in [0.4, 0.5) is 0 Å². The molecule has 130 heavy (non-hydrogen) atoms. The van der Waals surface area contributed by atoms with E-state index in [-0.39, 0.29) is 76.8 Å². The number of phenolic OH excluding ortho intramolecular Hbond substituents is 1. The third-order valence-electron chi connectivity index (χ3n) is 19.0. The number of carboxylic acids is 5. The molecule has 0 aliphatic heterocycles. The summed E-state index contributed by atoms with van der Waals surface area (Å²) in [7, 11) is 0. The van der Waals surface area contributed by atoms with E-state index in [0.717, 1.165) is 6.92 Å². The van der Waals surface area contributed by atoms with E-state index in [0.29, 0.717) is 18.4 Å². The first-order chi connectivity index (χ1) is 60.6. The molecular formula is C79H130N24O27. The minimum atomic E-state index is -2.14. The number of nitrogens with two attached hydrogens (primary N) is 6. The van der Waals surface area contributed by atoms with Crippen molar-refractivity contribution < 1.29 is 131 Å². The van der Waals surface area contributed by atoms with E-state index in [4.69, 9.17) is 45.2 Å². The van der Waals surface area contributed by atoms with Crippen molar-refractivity contribution in [3.8, 4) is 5.75 Å². The molecule has 0 bridgehead atoms. The predicted octanol–water partition coefficient (Wildman–Crippen LogP) is -7.97. The summed E-state index contributed by atoms with van der Waals surface area (Å²) in [6.07, 6.45) is -7.79. The molecule has 0 aliphatic rings. The third kappa shape index (κ3) is 47.2. The number of nitrogens with one attached hydrogen (secondary N) is 18. The highest BCUT2D eigenvalue weighted by Gasteiger charge is 2.40. The molecule has 51 nitrogen and oxygen atoms in total. The van der Waals surface area contributed by atoms with Gasteiger partial charge in [0.25, 0.3) is 0 Å². The zero-order chi connectivity index (χ0) is 99.1. The van der Waals surface area contributed by atoms with Gasteiger partial charge in [-0.25, -0.2) is 4.79 Å². The van der Waals surface area contributed by atoms with Gasteiger partial charge in [-0.15, -0.1) is 0 Å². The number of carbonyl (C=O) groups excluding carboxylic acids is 16. The molecule has 1 rings (SSSR count). The maximum Gasteiger partial charge on any atom is 0.326 e. The maximum absolute atomic E-state index is 15.0. The third-order valence-corrected chi connectivity index (χ3v) is 19.0. The Morgan fingerprint density at radius 1 is 0.315 bits per heavy atom. The van der Waals surface area contributed by atoms with E-state index in [1.165, 1.54) is 24.3 Å². The number of primary amides is 2. The minimum Gasteiger partial charge on any atom is -0.508 e. The lowest BCUT2D eigenvalue weighted by atomic mass is 9.98. The average Bonchev–Trinajstić information content (AvgIpc) is 0.855. The number of benzene rings is 1. The molecule has 0 heterocycles. The summed E-state index contributed by atoms with van der Waals surface area (Å²) in [6, 6.07) is -20.9. The number of carbonyl (C=O) groups is 21. The predicted molar refractivity (Wildman–Crippen MR) is 460 cm³/mol. The van der Waals surface area contributed by atoms with Crippen molar-refractivity contribution in [1.82, 2.24) is 85.1 Å². The number of aromatic hydroxyl groups is 1. The molecule has 36 N–H and O–H groups in total. The van der Waals surface area contributed by atoms with Crippen LogP contribution in [0.2, 0.25) is 0 Å². The van der Waals surface area contributed by atoms with Crippen LogP contribution >= 0.6 is 0 Å². The van der Waals surface area contributed by atoms with Crippen LogP contribution in [-0.4, -0.2) is 277 Å². The summed E-state index contributed by atoms with van der Waals surface area (Å²) in [5, 5.41) is 111. The van der Waals surface area contributed by atoms with Gasteiger partial charge in [0.1, 0.15) is 90.3 Å². The Morgan fingerprint density at radius 2 is 0.592 bits per heavy atom. The fourth-order valence-electron chi connectivity index (χ4n) is 12.6. The van der Waals surface area contributed by atoms with Gasteiger partial charge in [0.2, 0.25) is 94.5 Å². The molecule has 728 valence electrons. The summed E-state index contributed by atoms with van der Waals surface area (Å²) >= 11 is 0. The van der Waals surface area contributed by atoms with Crippen molar-refractivity contribution in [3.63, 3.8) is 0 Å². The molecule has 15 atom stereocenters. The Kier molecular flexibility index (Phi) is 51.6. The fourth-order valence-corrected chi connectivity index (χ4v) is 12.6. The monoisotopic (exact) mass is 1850 g/mol. The Bertz CT molecular complexity index is 4120. The van der Waals surface area contributed by atoms with Crippen molar-refractivity contribution in [3.05, 3.63) is 29.8 Å². The smallest absolute Gasteiger partial charge is 0.326 e. The van der Waals surface area contributed by atoms with E-state index in [2.05, 4.69) is 79.8 Å². The first-order valence-electron chi connectivity index (χ1n) is 41.9. The van der Waals surface area contributed by atoms with Crippen LogP contribution in [0.1, 0.15) is 183 Å². The van der Waals surface area contributed by atoms with Crippen molar-refractivity contribution in [1.29, 1.82) is 10.8 Å². The van der Waals surface area contributed by atoms with Gasteiger partial charge in [-0.05, 0) is 125 Å². The number of carboxylic acid groups (broad SMARTS) is 5. The number of amides is 16. The fraction of sp³-hybridized carbons (Fsp3) is 0.633. The van der Waals surface area contributed by atoms with Crippen LogP contribution < -0.4 is 119 Å². The molecule has 1 aromatic rings. The highest BCUT2D eigenvalue weighted by molar-refractivity contribution is 6.02. The highest BCUT2D eigenvalue weighted by atomic mass is 16.4. The molecule has 0 aliphatic carbocycles. The molecule has 0 radical (unpaired) electrons. The molecule has 0 fully saturated rings. The lowest BCUT2D eigenvalue weighted by Crippen LogP contribution is -2.61. The Hall–Kier alpha value is -13.6. The first-order valence-corrected chi connectivity index (χ1v) is 41.9. The molecule has 0 saturated carbocycles. The Morgan fingerprint density at radius 3 is 0.915 bits per heavy atom. The van der Waals surface area contributed by atoms with E-state index in [1.54, 1.807) is 55.4 Å². The zero-order valence-electron chi connectivity index (χ0n) is 74.1. The molecule has 0 unspecified atom stereocenters. The van der Waals surface area contributed by atoms with E-state index in [9.17, 15) is 127 Å². The van der Waals surface area contributed by atoms with Crippen LogP contribution in [0.25, 0.3) is 0 Å². The summed E-state index contributed by atoms with van der Waals surface area (Å²) in [6.45, 7) is 14.4. The van der Waals surface area contributed by atoms with Gasteiger partial charge in [-0.3, -0.25) is 107 Å². The highest BCUT2D eigenvalue weighted by Crippen LogP contribution is 2.18. The minimum absolute atomic E-state index is 0.0266. The number of hydrogen-bond acceptors (Lipinski definition) is 26. The van der Waals surface area contributed by atoms with Crippen LogP contribution in [0.5, 0.6) is 5.75 Å². The second kappa shape index (κ2) is 58.7. The number of aliphatic carboxylic acids is 5. The normalized spacial score (nSPS) is 14.5. The van der Waals surface area contributed by atoms with E-state index >= 15 is 4.79 Å². The van der Waals surface area contributed by atoms with Crippen LogP contribution in [0.15, 0.2) is 24.3 Å². The summed E-state index contributed by atoms with van der Waals surface area (Å²) in [4.78, 5) is 283. The lowest BCUT2D eigenvalue weighted by Gasteiger charge is -2.29. The van der Waals surface area contributed by atoms with E-state index < -0.39 is 308 Å². The molecular weight excluding hydrogens is 1720 g/mol. The Labute approximate surface area is 748 Å². The zero-order valence-corrected chi connectivity index (χ0v) is 74.1. The average molecular weight is 1850 g/mol. The van der Waals surface area contributed by atoms with Gasteiger partial charge in [-0.1, -0.05) is 73.9 Å². The van der Waals surface area contributed by atoms with Gasteiger partial charge in [0, 0.05) is 25.9 Å². The molecule has 0 aromatic heterocycles. The second-order valence-electron chi connectivity index (χ2n) is 32.7. The first kappa shape index (κ1) is 114. The van der Waals surface area contributed by atoms with Crippen molar-refractivity contribution >= 4 is 136 Å².